The Morgan fingerprint density at radius 3 is 2.93 bits per heavy atom. The van der Waals surface area contributed by atoms with E-state index in [0.717, 1.165) is 6.42 Å². The Labute approximate surface area is 86.8 Å². The van der Waals surface area contributed by atoms with Crippen molar-refractivity contribution in [1.82, 2.24) is 9.63 Å². The summed E-state index contributed by atoms with van der Waals surface area (Å²) in [6, 6.07) is 2.94. The van der Waals surface area contributed by atoms with Gasteiger partial charge in [0.05, 0.1) is 13.2 Å². The topological polar surface area (TPSA) is 51.5 Å². The molecule has 80 valence electrons. The van der Waals surface area contributed by atoms with Crippen molar-refractivity contribution >= 4 is 5.91 Å². The molecular formula is C10H12N2O3. The van der Waals surface area contributed by atoms with Crippen molar-refractivity contribution in [3.05, 3.63) is 34.2 Å². The molecule has 1 saturated heterocycles. The van der Waals surface area contributed by atoms with Crippen LogP contribution in [-0.4, -0.2) is 28.7 Å². The minimum absolute atomic E-state index is 0.194. The minimum Gasteiger partial charge on any atom is -0.319 e. The van der Waals surface area contributed by atoms with Crippen LogP contribution in [0.4, 0.5) is 0 Å². The Balaban J connectivity index is 2.25. The minimum atomic E-state index is -0.245. The average Bonchev–Trinajstić information content (AvgIpc) is 2.74. The molecule has 0 aromatic carbocycles. The first-order valence-corrected chi connectivity index (χ1v) is 4.80. The Morgan fingerprint density at radius 2 is 2.33 bits per heavy atom. The van der Waals surface area contributed by atoms with Crippen molar-refractivity contribution in [2.75, 3.05) is 13.2 Å². The van der Waals surface area contributed by atoms with Crippen molar-refractivity contribution in [3.8, 4) is 0 Å². The molecule has 5 nitrogen and oxygen atoms in total. The Morgan fingerprint density at radius 1 is 1.53 bits per heavy atom. The van der Waals surface area contributed by atoms with Gasteiger partial charge in [0.2, 0.25) is 0 Å². The number of amides is 1. The first kappa shape index (κ1) is 9.92. The Bertz CT molecular complexity index is 433. The number of nitrogens with zero attached hydrogens (tertiary/aromatic N) is 2. The molecule has 1 aliphatic heterocycles. The number of pyridine rings is 1. The van der Waals surface area contributed by atoms with Crippen molar-refractivity contribution in [2.24, 2.45) is 7.05 Å². The van der Waals surface area contributed by atoms with E-state index in [1.54, 1.807) is 19.3 Å². The second kappa shape index (κ2) is 3.86. The van der Waals surface area contributed by atoms with Gasteiger partial charge in [0, 0.05) is 24.9 Å². The average molecular weight is 208 g/mol. The van der Waals surface area contributed by atoms with Gasteiger partial charge < -0.3 is 4.57 Å². The first-order valence-electron chi connectivity index (χ1n) is 4.80. The van der Waals surface area contributed by atoms with Gasteiger partial charge in [-0.25, -0.2) is 5.06 Å². The standard InChI is InChI=1S/C10H12N2O3/c1-11-5-3-8(7-9(11)13)10(14)12-4-2-6-15-12/h3,5,7H,2,4,6H2,1H3. The molecule has 1 amide bonds. The summed E-state index contributed by atoms with van der Waals surface area (Å²) in [7, 11) is 1.64. The molecule has 0 saturated carbocycles. The van der Waals surface area contributed by atoms with Gasteiger partial charge in [-0.15, -0.1) is 0 Å². The third-order valence-electron chi connectivity index (χ3n) is 2.33. The fourth-order valence-electron chi connectivity index (χ4n) is 1.43. The summed E-state index contributed by atoms with van der Waals surface area (Å²) in [5, 5.41) is 1.30. The van der Waals surface area contributed by atoms with Crippen LogP contribution < -0.4 is 5.56 Å². The van der Waals surface area contributed by atoms with Crippen molar-refractivity contribution in [2.45, 2.75) is 6.42 Å². The van der Waals surface area contributed by atoms with Crippen molar-refractivity contribution in [1.29, 1.82) is 0 Å². The SMILES string of the molecule is Cn1ccc(C(=O)N2CCCO2)cc1=O. The zero-order chi connectivity index (χ0) is 10.8. The van der Waals surface area contributed by atoms with Gasteiger partial charge in [-0.3, -0.25) is 14.4 Å². The van der Waals surface area contributed by atoms with E-state index >= 15 is 0 Å². The number of rotatable bonds is 1. The highest BCUT2D eigenvalue weighted by Gasteiger charge is 2.20. The molecule has 1 aliphatic rings. The van der Waals surface area contributed by atoms with Crippen LogP contribution in [-0.2, 0) is 11.9 Å². The second-order valence-corrected chi connectivity index (χ2v) is 3.46. The van der Waals surface area contributed by atoms with E-state index in [-0.39, 0.29) is 11.5 Å². The molecule has 1 aromatic heterocycles. The Hall–Kier alpha value is -1.62. The molecule has 15 heavy (non-hydrogen) atoms. The lowest BCUT2D eigenvalue weighted by atomic mass is 10.2. The fraction of sp³-hybridized carbons (Fsp3) is 0.400. The van der Waals surface area contributed by atoms with E-state index in [9.17, 15) is 9.59 Å². The number of aromatic nitrogens is 1. The lowest BCUT2D eigenvalue weighted by Gasteiger charge is -2.13. The number of aryl methyl sites for hydroxylation is 1. The molecule has 1 aromatic rings. The van der Waals surface area contributed by atoms with Crippen LogP contribution in [0.5, 0.6) is 0 Å². The van der Waals surface area contributed by atoms with Gasteiger partial charge in [-0.1, -0.05) is 0 Å². The van der Waals surface area contributed by atoms with E-state index < -0.39 is 0 Å². The maximum Gasteiger partial charge on any atom is 0.277 e. The van der Waals surface area contributed by atoms with Gasteiger partial charge in [-0.05, 0) is 12.5 Å². The number of carbonyl (C=O) groups excluding carboxylic acids is 1. The summed E-state index contributed by atoms with van der Waals surface area (Å²) in [5.41, 5.74) is 0.181. The highest BCUT2D eigenvalue weighted by molar-refractivity contribution is 5.93. The lowest BCUT2D eigenvalue weighted by molar-refractivity contribution is -0.0768. The molecular weight excluding hydrogens is 196 g/mol. The molecule has 0 radical (unpaired) electrons. The van der Waals surface area contributed by atoms with Crippen LogP contribution >= 0.6 is 0 Å². The maximum absolute atomic E-state index is 11.8. The van der Waals surface area contributed by atoms with E-state index in [1.165, 1.54) is 15.7 Å². The maximum atomic E-state index is 11.8. The van der Waals surface area contributed by atoms with Crippen LogP contribution in [0.2, 0.25) is 0 Å². The smallest absolute Gasteiger partial charge is 0.277 e. The van der Waals surface area contributed by atoms with E-state index in [0.29, 0.717) is 18.7 Å². The van der Waals surface area contributed by atoms with Crippen LogP contribution in [0, 0.1) is 0 Å². The molecule has 0 unspecified atom stereocenters. The third-order valence-corrected chi connectivity index (χ3v) is 2.33. The summed E-state index contributed by atoms with van der Waals surface area (Å²) in [4.78, 5) is 28.2. The predicted molar refractivity (Wildman–Crippen MR) is 53.3 cm³/mol. The zero-order valence-electron chi connectivity index (χ0n) is 8.47. The van der Waals surface area contributed by atoms with Crippen LogP contribution in [0.3, 0.4) is 0 Å². The normalized spacial score (nSPS) is 15.7. The van der Waals surface area contributed by atoms with E-state index in [4.69, 9.17) is 4.84 Å². The monoisotopic (exact) mass is 208 g/mol. The molecule has 0 aliphatic carbocycles. The van der Waals surface area contributed by atoms with Crippen molar-refractivity contribution < 1.29 is 9.63 Å². The summed E-state index contributed by atoms with van der Waals surface area (Å²) in [6.07, 6.45) is 2.42. The lowest BCUT2D eigenvalue weighted by Crippen LogP contribution is -2.28. The first-order chi connectivity index (χ1) is 7.18. The predicted octanol–water partition coefficient (Wildman–Crippen LogP) is 0.163. The van der Waals surface area contributed by atoms with Gasteiger partial charge >= 0.3 is 0 Å². The molecule has 0 N–H and O–H groups in total. The number of hydroxylamine groups is 2. The molecule has 2 heterocycles. The molecule has 0 bridgehead atoms. The van der Waals surface area contributed by atoms with Gasteiger partial charge in [0.1, 0.15) is 0 Å². The molecule has 0 atom stereocenters. The Kier molecular flexibility index (Phi) is 2.55. The third kappa shape index (κ3) is 1.92. The largest absolute Gasteiger partial charge is 0.319 e. The van der Waals surface area contributed by atoms with E-state index in [2.05, 4.69) is 0 Å². The van der Waals surface area contributed by atoms with Crippen LogP contribution in [0.15, 0.2) is 23.1 Å². The van der Waals surface area contributed by atoms with Gasteiger partial charge in [-0.2, -0.15) is 0 Å². The highest BCUT2D eigenvalue weighted by atomic mass is 16.7. The molecule has 2 rings (SSSR count). The number of carbonyl (C=O) groups is 1. The number of hydrogen-bond acceptors (Lipinski definition) is 3. The van der Waals surface area contributed by atoms with Crippen LogP contribution in [0.25, 0.3) is 0 Å². The highest BCUT2D eigenvalue weighted by Crippen LogP contribution is 2.09. The van der Waals surface area contributed by atoms with Crippen LogP contribution in [0.1, 0.15) is 16.8 Å². The van der Waals surface area contributed by atoms with Gasteiger partial charge in [0.25, 0.3) is 11.5 Å². The molecule has 5 heteroatoms. The fourth-order valence-corrected chi connectivity index (χ4v) is 1.43. The number of hydrogen-bond donors (Lipinski definition) is 0. The van der Waals surface area contributed by atoms with Crippen molar-refractivity contribution in [3.63, 3.8) is 0 Å². The summed E-state index contributed by atoms with van der Waals surface area (Å²) in [6.45, 7) is 1.16. The second-order valence-electron chi connectivity index (χ2n) is 3.46. The summed E-state index contributed by atoms with van der Waals surface area (Å²) < 4.78 is 1.42. The zero-order valence-corrected chi connectivity index (χ0v) is 8.47. The quantitative estimate of drug-likeness (QED) is 0.660. The summed E-state index contributed by atoms with van der Waals surface area (Å²) >= 11 is 0. The van der Waals surface area contributed by atoms with E-state index in [1.807, 2.05) is 0 Å². The molecule has 1 fully saturated rings. The van der Waals surface area contributed by atoms with Gasteiger partial charge in [0.15, 0.2) is 0 Å². The summed E-state index contributed by atoms with van der Waals surface area (Å²) in [5.74, 6) is -0.245. The molecule has 0 spiro atoms.